The molecule has 0 aliphatic heterocycles. The van der Waals surface area contributed by atoms with E-state index in [0.717, 1.165) is 0 Å². The molecule has 0 heterocycles. The summed E-state index contributed by atoms with van der Waals surface area (Å²) in [6.07, 6.45) is 4.38. The number of esters is 1. The number of methoxy groups -OCH3 is 1. The van der Waals surface area contributed by atoms with Gasteiger partial charge < -0.3 is 4.74 Å². The molecule has 1 rings (SSSR count). The average molecular weight is 198 g/mol. The van der Waals surface area contributed by atoms with Crippen LogP contribution in [-0.2, 0) is 9.53 Å². The minimum atomic E-state index is -0.0585. The first kappa shape index (κ1) is 11.5. The van der Waals surface area contributed by atoms with Gasteiger partial charge in [-0.15, -0.1) is 0 Å². The normalized spacial score (nSPS) is 31.1. The van der Waals surface area contributed by atoms with Gasteiger partial charge in [-0.05, 0) is 23.7 Å². The molecule has 0 aromatic carbocycles. The highest BCUT2D eigenvalue weighted by Crippen LogP contribution is 2.45. The van der Waals surface area contributed by atoms with E-state index < -0.39 is 0 Å². The summed E-state index contributed by atoms with van der Waals surface area (Å²) in [4.78, 5) is 11.3. The van der Waals surface area contributed by atoms with Crippen LogP contribution in [0.15, 0.2) is 0 Å². The molecule has 0 unspecified atom stereocenters. The van der Waals surface area contributed by atoms with Crippen LogP contribution >= 0.6 is 0 Å². The van der Waals surface area contributed by atoms with Crippen molar-refractivity contribution in [2.75, 3.05) is 7.11 Å². The van der Waals surface area contributed by atoms with Gasteiger partial charge in [0.05, 0.1) is 7.11 Å². The van der Waals surface area contributed by atoms with Crippen molar-refractivity contribution in [1.82, 2.24) is 0 Å². The van der Waals surface area contributed by atoms with Crippen LogP contribution in [0, 0.1) is 17.3 Å². The van der Waals surface area contributed by atoms with Gasteiger partial charge in [0.2, 0.25) is 0 Å². The van der Waals surface area contributed by atoms with Crippen molar-refractivity contribution in [3.63, 3.8) is 0 Å². The highest BCUT2D eigenvalue weighted by Gasteiger charge is 2.37. The molecule has 2 nitrogen and oxygen atoms in total. The second kappa shape index (κ2) is 4.33. The zero-order valence-corrected chi connectivity index (χ0v) is 9.80. The molecule has 0 aromatic heterocycles. The molecule has 1 fully saturated rings. The van der Waals surface area contributed by atoms with Crippen LogP contribution < -0.4 is 0 Å². The van der Waals surface area contributed by atoms with Crippen LogP contribution in [0.25, 0.3) is 0 Å². The second-order valence-corrected chi connectivity index (χ2v) is 5.24. The maximum Gasteiger partial charge on any atom is 0.305 e. The highest BCUT2D eigenvalue weighted by atomic mass is 16.5. The summed E-state index contributed by atoms with van der Waals surface area (Å²) in [7, 11) is 1.48. The number of carbonyl (C=O) groups is 1. The van der Waals surface area contributed by atoms with Crippen molar-refractivity contribution in [3.05, 3.63) is 0 Å². The highest BCUT2D eigenvalue weighted by molar-refractivity contribution is 5.69. The third-order valence-corrected chi connectivity index (χ3v) is 3.79. The summed E-state index contributed by atoms with van der Waals surface area (Å²) in [6, 6.07) is 0. The van der Waals surface area contributed by atoms with Gasteiger partial charge in [-0.3, -0.25) is 4.79 Å². The van der Waals surface area contributed by atoms with Gasteiger partial charge in [0.25, 0.3) is 0 Å². The third kappa shape index (κ3) is 2.49. The summed E-state index contributed by atoms with van der Waals surface area (Å²) in [6.45, 7) is 6.81. The molecule has 1 aliphatic carbocycles. The molecule has 0 saturated heterocycles. The zero-order chi connectivity index (χ0) is 10.8. The van der Waals surface area contributed by atoms with Gasteiger partial charge in [0, 0.05) is 6.42 Å². The Morgan fingerprint density at radius 2 is 2.14 bits per heavy atom. The van der Waals surface area contributed by atoms with E-state index >= 15 is 0 Å². The van der Waals surface area contributed by atoms with Crippen molar-refractivity contribution < 1.29 is 9.53 Å². The standard InChI is InChI=1S/C12H22O2/c1-9-6-5-7-12(2,3)10(9)8-11(13)14-4/h9-10H,5-8H2,1-4H3/t9-,10+/m1/s1. The van der Waals surface area contributed by atoms with Crippen LogP contribution in [0.5, 0.6) is 0 Å². The van der Waals surface area contributed by atoms with E-state index in [2.05, 4.69) is 20.8 Å². The molecule has 1 saturated carbocycles. The van der Waals surface area contributed by atoms with Gasteiger partial charge in [0.1, 0.15) is 0 Å². The Balaban J connectivity index is 2.65. The number of hydrogen-bond acceptors (Lipinski definition) is 2. The lowest BCUT2D eigenvalue weighted by Crippen LogP contribution is -2.35. The largest absolute Gasteiger partial charge is 0.469 e. The van der Waals surface area contributed by atoms with Crippen molar-refractivity contribution in [3.8, 4) is 0 Å². The Kier molecular flexibility index (Phi) is 3.57. The Bertz CT molecular complexity index is 208. The number of ether oxygens (including phenoxy) is 1. The smallest absolute Gasteiger partial charge is 0.305 e. The van der Waals surface area contributed by atoms with E-state index in [1.807, 2.05) is 0 Å². The van der Waals surface area contributed by atoms with Crippen LogP contribution in [-0.4, -0.2) is 13.1 Å². The van der Waals surface area contributed by atoms with Gasteiger partial charge in [-0.1, -0.05) is 33.6 Å². The fourth-order valence-corrected chi connectivity index (χ4v) is 2.78. The Hall–Kier alpha value is -0.530. The van der Waals surface area contributed by atoms with Crippen LogP contribution in [0.1, 0.15) is 46.5 Å². The summed E-state index contributed by atoms with van der Waals surface area (Å²) >= 11 is 0. The summed E-state index contributed by atoms with van der Waals surface area (Å²) in [5, 5.41) is 0. The zero-order valence-electron chi connectivity index (χ0n) is 9.80. The minimum absolute atomic E-state index is 0.0585. The third-order valence-electron chi connectivity index (χ3n) is 3.79. The molecule has 82 valence electrons. The topological polar surface area (TPSA) is 26.3 Å². The molecule has 2 heteroatoms. The van der Waals surface area contributed by atoms with Crippen molar-refractivity contribution in [2.45, 2.75) is 46.5 Å². The monoisotopic (exact) mass is 198 g/mol. The van der Waals surface area contributed by atoms with Crippen molar-refractivity contribution >= 4 is 5.97 Å². The van der Waals surface area contributed by atoms with Crippen LogP contribution in [0.4, 0.5) is 0 Å². The molecule has 0 amide bonds. The Morgan fingerprint density at radius 1 is 1.50 bits per heavy atom. The molecule has 1 aliphatic rings. The van der Waals surface area contributed by atoms with E-state index in [1.165, 1.54) is 26.4 Å². The average Bonchev–Trinajstić information content (AvgIpc) is 2.11. The number of hydrogen-bond donors (Lipinski definition) is 0. The summed E-state index contributed by atoms with van der Waals surface area (Å²) in [5.41, 5.74) is 0.297. The molecule has 0 bridgehead atoms. The van der Waals surface area contributed by atoms with Crippen LogP contribution in [0.3, 0.4) is 0 Å². The van der Waals surface area contributed by atoms with Crippen molar-refractivity contribution in [2.24, 2.45) is 17.3 Å². The predicted molar refractivity (Wildman–Crippen MR) is 56.9 cm³/mol. The molecule has 0 aromatic rings. The van der Waals surface area contributed by atoms with Gasteiger partial charge >= 0.3 is 5.97 Å². The van der Waals surface area contributed by atoms with Crippen LogP contribution in [0.2, 0.25) is 0 Å². The summed E-state index contributed by atoms with van der Waals surface area (Å²) in [5.74, 6) is 1.08. The van der Waals surface area contributed by atoms with Gasteiger partial charge in [0.15, 0.2) is 0 Å². The number of rotatable bonds is 2. The lowest BCUT2D eigenvalue weighted by Gasteiger charge is -2.42. The van der Waals surface area contributed by atoms with Crippen molar-refractivity contribution in [1.29, 1.82) is 0 Å². The van der Waals surface area contributed by atoms with Gasteiger partial charge in [-0.25, -0.2) is 0 Å². The fraction of sp³-hybridized carbons (Fsp3) is 0.917. The van der Waals surface area contributed by atoms with E-state index in [4.69, 9.17) is 4.74 Å². The predicted octanol–water partition coefficient (Wildman–Crippen LogP) is 3.01. The SMILES string of the molecule is COC(=O)C[C@H]1[C@H](C)CCCC1(C)C. The molecular formula is C12H22O2. The second-order valence-electron chi connectivity index (χ2n) is 5.24. The lowest BCUT2D eigenvalue weighted by atomic mass is 9.63. The molecule has 0 spiro atoms. The number of carbonyl (C=O) groups excluding carboxylic acids is 1. The minimum Gasteiger partial charge on any atom is -0.469 e. The molecular weight excluding hydrogens is 176 g/mol. The first-order valence-electron chi connectivity index (χ1n) is 5.54. The molecule has 14 heavy (non-hydrogen) atoms. The maximum atomic E-state index is 11.3. The van der Waals surface area contributed by atoms with E-state index in [1.54, 1.807) is 0 Å². The molecule has 2 atom stereocenters. The fourth-order valence-electron chi connectivity index (χ4n) is 2.78. The maximum absolute atomic E-state index is 11.3. The van der Waals surface area contributed by atoms with E-state index in [9.17, 15) is 4.79 Å². The van der Waals surface area contributed by atoms with Gasteiger partial charge in [-0.2, -0.15) is 0 Å². The van der Waals surface area contributed by atoms with E-state index in [0.29, 0.717) is 23.7 Å². The molecule has 0 N–H and O–H groups in total. The Morgan fingerprint density at radius 3 is 2.64 bits per heavy atom. The Labute approximate surface area is 87.0 Å². The lowest BCUT2D eigenvalue weighted by molar-refractivity contribution is -0.144. The first-order valence-corrected chi connectivity index (χ1v) is 5.54. The summed E-state index contributed by atoms with van der Waals surface area (Å²) < 4.78 is 4.76. The quantitative estimate of drug-likeness (QED) is 0.637. The van der Waals surface area contributed by atoms with E-state index in [-0.39, 0.29) is 5.97 Å². The molecule has 0 radical (unpaired) electrons. The first-order chi connectivity index (χ1) is 6.47.